The third kappa shape index (κ3) is 2.44. The first kappa shape index (κ1) is 12.3. The molecule has 0 spiro atoms. The van der Waals surface area contributed by atoms with Gasteiger partial charge in [-0.05, 0) is 6.92 Å². The monoisotopic (exact) mass is 222 g/mol. The minimum atomic E-state index is -1.67. The van der Waals surface area contributed by atoms with Crippen molar-refractivity contribution in [1.29, 1.82) is 0 Å². The summed E-state index contributed by atoms with van der Waals surface area (Å²) in [6.07, 6.45) is -7.57. The number of carbonyl (C=O) groups is 1. The molecule has 4 N–H and O–H groups in total. The van der Waals surface area contributed by atoms with E-state index in [9.17, 15) is 20.1 Å². The van der Waals surface area contributed by atoms with Crippen molar-refractivity contribution >= 4 is 5.97 Å². The summed E-state index contributed by atoms with van der Waals surface area (Å²) in [5.41, 5.74) is 0. The number of carboxylic acid groups (broad SMARTS) is 1. The van der Waals surface area contributed by atoms with E-state index < -0.39 is 36.7 Å². The number of aliphatic carboxylic acids is 1. The van der Waals surface area contributed by atoms with Crippen molar-refractivity contribution in [2.45, 2.75) is 37.6 Å². The van der Waals surface area contributed by atoms with E-state index in [1.807, 2.05) is 0 Å². The van der Waals surface area contributed by atoms with Crippen LogP contribution in [0, 0.1) is 0 Å². The molecule has 1 rings (SSSR count). The molecule has 0 radical (unpaired) electrons. The van der Waals surface area contributed by atoms with Crippen LogP contribution in [0.2, 0.25) is 0 Å². The highest BCUT2D eigenvalue weighted by Gasteiger charge is 2.47. The van der Waals surface area contributed by atoms with Gasteiger partial charge in [-0.1, -0.05) is 0 Å². The van der Waals surface area contributed by atoms with Crippen LogP contribution < -0.4 is 0 Å². The van der Waals surface area contributed by atoms with Crippen LogP contribution in [0.5, 0.6) is 0 Å². The maximum absolute atomic E-state index is 10.6. The molecule has 0 aliphatic carbocycles. The highest BCUT2D eigenvalue weighted by Crippen LogP contribution is 2.22. The van der Waals surface area contributed by atoms with Gasteiger partial charge in [-0.15, -0.1) is 0 Å². The van der Waals surface area contributed by atoms with E-state index >= 15 is 0 Å². The van der Waals surface area contributed by atoms with Gasteiger partial charge in [0.1, 0.15) is 18.3 Å². The van der Waals surface area contributed by atoms with Crippen molar-refractivity contribution in [2.75, 3.05) is 6.61 Å². The molecule has 0 bridgehead atoms. The first-order valence-electron chi connectivity index (χ1n) is 4.53. The van der Waals surface area contributed by atoms with Gasteiger partial charge in [0.2, 0.25) is 0 Å². The van der Waals surface area contributed by atoms with Crippen LogP contribution >= 0.6 is 0 Å². The van der Waals surface area contributed by atoms with Crippen molar-refractivity contribution in [3.63, 3.8) is 0 Å². The molecule has 0 aromatic rings. The maximum atomic E-state index is 10.6. The third-order valence-corrected chi connectivity index (χ3v) is 2.14. The molecule has 7 nitrogen and oxygen atoms in total. The summed E-state index contributed by atoms with van der Waals surface area (Å²) in [7, 11) is 0. The first-order chi connectivity index (χ1) is 6.99. The second kappa shape index (κ2) is 4.86. The number of hydrogen-bond acceptors (Lipinski definition) is 6. The Morgan fingerprint density at radius 2 is 1.87 bits per heavy atom. The summed E-state index contributed by atoms with van der Waals surface area (Å²) in [5, 5.41) is 36.7. The fourth-order valence-electron chi connectivity index (χ4n) is 1.35. The molecule has 1 saturated heterocycles. The fraction of sp³-hybridized carbons (Fsp3) is 0.875. The lowest BCUT2D eigenvalue weighted by Crippen LogP contribution is -2.60. The van der Waals surface area contributed by atoms with Gasteiger partial charge in [-0.3, -0.25) is 0 Å². The molecule has 0 amide bonds. The Kier molecular flexibility index (Phi) is 4.00. The smallest absolute Gasteiger partial charge is 0.335 e. The van der Waals surface area contributed by atoms with Gasteiger partial charge in [0.15, 0.2) is 12.4 Å². The van der Waals surface area contributed by atoms with E-state index in [0.717, 1.165) is 0 Å². The van der Waals surface area contributed by atoms with Gasteiger partial charge in [0.05, 0.1) is 0 Å². The second-order valence-corrected chi connectivity index (χ2v) is 3.19. The van der Waals surface area contributed by atoms with Gasteiger partial charge in [-0.2, -0.15) is 0 Å². The van der Waals surface area contributed by atoms with Crippen molar-refractivity contribution in [3.8, 4) is 0 Å². The molecule has 88 valence electrons. The Bertz CT molecular complexity index is 231. The summed E-state index contributed by atoms with van der Waals surface area (Å²) < 4.78 is 9.69. The van der Waals surface area contributed by atoms with E-state index in [1.54, 1.807) is 6.92 Å². The standard InChI is InChI=1S/C8H14O7/c1-2-14-8-5(11)3(9)4(10)6(15-8)7(12)13/h3-6,8-11H,2H2,1H3,(H,12,13)/t3-,4-,5+,6-,8?/m0/s1. The summed E-state index contributed by atoms with van der Waals surface area (Å²) in [5.74, 6) is -1.42. The summed E-state index contributed by atoms with van der Waals surface area (Å²) in [6.45, 7) is 1.82. The van der Waals surface area contributed by atoms with Crippen LogP contribution in [0.25, 0.3) is 0 Å². The van der Waals surface area contributed by atoms with Gasteiger partial charge < -0.3 is 29.9 Å². The molecule has 0 aromatic carbocycles. The zero-order valence-electron chi connectivity index (χ0n) is 8.11. The molecule has 15 heavy (non-hydrogen) atoms. The predicted octanol–water partition coefficient (Wildman–Crippen LogP) is -2.08. The predicted molar refractivity (Wildman–Crippen MR) is 45.9 cm³/mol. The largest absolute Gasteiger partial charge is 0.479 e. The van der Waals surface area contributed by atoms with Crippen molar-refractivity contribution in [3.05, 3.63) is 0 Å². The Hall–Kier alpha value is -0.730. The minimum absolute atomic E-state index is 0.191. The zero-order chi connectivity index (χ0) is 11.6. The van der Waals surface area contributed by atoms with Crippen LogP contribution in [-0.2, 0) is 14.3 Å². The van der Waals surface area contributed by atoms with Crippen molar-refractivity contribution in [2.24, 2.45) is 0 Å². The van der Waals surface area contributed by atoms with E-state index in [2.05, 4.69) is 0 Å². The van der Waals surface area contributed by atoms with Crippen LogP contribution in [0.4, 0.5) is 0 Å². The highest BCUT2D eigenvalue weighted by atomic mass is 16.7. The quantitative estimate of drug-likeness (QED) is 0.432. The lowest BCUT2D eigenvalue weighted by molar-refractivity contribution is -0.292. The molecular formula is C8H14O7. The molecule has 1 heterocycles. The number of aliphatic hydroxyl groups excluding tert-OH is 3. The number of hydrogen-bond donors (Lipinski definition) is 4. The van der Waals surface area contributed by atoms with Crippen LogP contribution in [0.15, 0.2) is 0 Å². The highest BCUT2D eigenvalue weighted by molar-refractivity contribution is 5.73. The molecule has 0 aromatic heterocycles. The Morgan fingerprint density at radius 1 is 1.27 bits per heavy atom. The fourth-order valence-corrected chi connectivity index (χ4v) is 1.35. The van der Waals surface area contributed by atoms with Crippen LogP contribution in [0.3, 0.4) is 0 Å². The van der Waals surface area contributed by atoms with Gasteiger partial charge in [0.25, 0.3) is 0 Å². The molecular weight excluding hydrogens is 208 g/mol. The number of carboxylic acids is 1. The van der Waals surface area contributed by atoms with Gasteiger partial charge in [0, 0.05) is 6.61 Å². The molecule has 7 heteroatoms. The van der Waals surface area contributed by atoms with Crippen molar-refractivity contribution in [1.82, 2.24) is 0 Å². The summed E-state index contributed by atoms with van der Waals surface area (Å²) >= 11 is 0. The van der Waals surface area contributed by atoms with Crippen molar-refractivity contribution < 1.29 is 34.7 Å². The lowest BCUT2D eigenvalue weighted by atomic mass is 9.99. The minimum Gasteiger partial charge on any atom is -0.479 e. The topological polar surface area (TPSA) is 116 Å². The van der Waals surface area contributed by atoms with Crippen LogP contribution in [-0.4, -0.2) is 63.7 Å². The molecule has 5 atom stereocenters. The molecule has 1 aliphatic rings. The third-order valence-electron chi connectivity index (χ3n) is 2.14. The number of ether oxygens (including phenoxy) is 2. The summed E-state index contributed by atoms with van der Waals surface area (Å²) in [6, 6.07) is 0. The van der Waals surface area contributed by atoms with Gasteiger partial charge >= 0.3 is 5.97 Å². The van der Waals surface area contributed by atoms with Crippen LogP contribution in [0.1, 0.15) is 6.92 Å². The molecule has 1 unspecified atom stereocenters. The Balaban J connectivity index is 2.75. The zero-order valence-corrected chi connectivity index (χ0v) is 8.11. The molecule has 0 saturated carbocycles. The second-order valence-electron chi connectivity index (χ2n) is 3.19. The van der Waals surface area contributed by atoms with E-state index in [-0.39, 0.29) is 6.61 Å². The average molecular weight is 222 g/mol. The maximum Gasteiger partial charge on any atom is 0.335 e. The SMILES string of the molecule is CCOC1O[C@H](C(=O)O)[C@@H](O)[C@H](O)[C@H]1O. The lowest BCUT2D eigenvalue weighted by Gasteiger charge is -2.38. The van der Waals surface area contributed by atoms with Gasteiger partial charge in [-0.25, -0.2) is 4.79 Å². The van der Waals surface area contributed by atoms with E-state index in [4.69, 9.17) is 14.6 Å². The van der Waals surface area contributed by atoms with E-state index in [0.29, 0.717) is 0 Å². The normalized spacial score (nSPS) is 41.5. The molecule has 1 aliphatic heterocycles. The first-order valence-corrected chi connectivity index (χ1v) is 4.53. The number of aliphatic hydroxyl groups is 3. The average Bonchev–Trinajstić information content (AvgIpc) is 2.18. The summed E-state index contributed by atoms with van der Waals surface area (Å²) in [4.78, 5) is 10.6. The molecule has 1 fully saturated rings. The Labute approximate surface area is 85.9 Å². The Morgan fingerprint density at radius 3 is 2.33 bits per heavy atom. The number of rotatable bonds is 3. The van der Waals surface area contributed by atoms with E-state index in [1.165, 1.54) is 0 Å².